The number of aromatic nitrogens is 4. The molecule has 1 aliphatic rings. The zero-order valence-corrected chi connectivity index (χ0v) is 30.5. The predicted molar refractivity (Wildman–Crippen MR) is 234 cm³/mol. The van der Waals surface area contributed by atoms with Gasteiger partial charge in [-0.05, 0) is 94.0 Å². The molecule has 0 spiro atoms. The average molecular weight is 715 g/mol. The number of nitrogens with zero attached hydrogens (tertiary/aromatic N) is 4. The Morgan fingerprint density at radius 3 is 1.89 bits per heavy atom. The van der Waals surface area contributed by atoms with Gasteiger partial charge >= 0.3 is 0 Å². The fraction of sp³-hybridized carbons (Fsp3) is 0.0385. The predicted octanol–water partition coefficient (Wildman–Crippen LogP) is 13.3. The number of hydrogen-bond acceptors (Lipinski definition) is 2. The Morgan fingerprint density at radius 1 is 0.446 bits per heavy atom. The largest absolute Gasteiger partial charge is 0.309 e. The molecule has 3 heterocycles. The molecule has 262 valence electrons. The van der Waals surface area contributed by atoms with Gasteiger partial charge in [-0.3, -0.25) is 4.57 Å². The van der Waals surface area contributed by atoms with E-state index in [4.69, 9.17) is 9.97 Å². The number of aryl methyl sites for hydroxylation is 1. The van der Waals surface area contributed by atoms with Crippen molar-refractivity contribution < 1.29 is 0 Å². The molecule has 4 heteroatoms. The second-order valence-corrected chi connectivity index (χ2v) is 14.9. The summed E-state index contributed by atoms with van der Waals surface area (Å²) in [5, 5.41) is 9.57. The molecule has 56 heavy (non-hydrogen) atoms. The average Bonchev–Trinajstić information content (AvgIpc) is 3.79. The standard InChI is InChI=1S/C52H34N4/c1-4-14-36-29-39(23-21-33(36)11-1)45-32-46(40-24-22-34-12-2-5-15-37(34)30-40)54-52(53-45)56-47-19-9-7-17-42(47)43-27-28-49-50(51(43)56)44-18-8-10-20-48(44)55(49)41-26-25-35-13-3-6-16-38(35)31-41/h1,3-11,13-32H,2,12H2. The third kappa shape index (κ3) is 4.72. The monoisotopic (exact) mass is 714 g/mol. The van der Waals surface area contributed by atoms with Crippen LogP contribution >= 0.6 is 0 Å². The van der Waals surface area contributed by atoms with E-state index in [0.717, 1.165) is 63.1 Å². The minimum atomic E-state index is 0.653. The highest BCUT2D eigenvalue weighted by Gasteiger charge is 2.23. The van der Waals surface area contributed by atoms with E-state index in [1.165, 1.54) is 54.2 Å². The number of para-hydroxylation sites is 2. The summed E-state index contributed by atoms with van der Waals surface area (Å²) in [5.41, 5.74) is 12.2. The molecule has 0 unspecified atom stereocenters. The van der Waals surface area contributed by atoms with Crippen LogP contribution in [0, 0.1) is 0 Å². The van der Waals surface area contributed by atoms with E-state index in [2.05, 4.69) is 191 Å². The van der Waals surface area contributed by atoms with Crippen LogP contribution in [0.4, 0.5) is 0 Å². The summed E-state index contributed by atoms with van der Waals surface area (Å²) < 4.78 is 4.73. The lowest BCUT2D eigenvalue weighted by atomic mass is 9.94. The second kappa shape index (κ2) is 12.1. The van der Waals surface area contributed by atoms with Gasteiger partial charge < -0.3 is 4.57 Å². The zero-order valence-electron chi connectivity index (χ0n) is 30.5. The Labute approximate surface area is 323 Å². The molecule has 11 aromatic rings. The summed E-state index contributed by atoms with van der Waals surface area (Å²) in [6.07, 6.45) is 6.67. The molecule has 0 fully saturated rings. The van der Waals surface area contributed by atoms with Gasteiger partial charge in [0.2, 0.25) is 5.95 Å². The van der Waals surface area contributed by atoms with Crippen LogP contribution in [0.25, 0.3) is 105 Å². The molecule has 1 aliphatic carbocycles. The maximum absolute atomic E-state index is 5.49. The van der Waals surface area contributed by atoms with Crippen LogP contribution in [-0.2, 0) is 6.42 Å². The molecule has 12 rings (SSSR count). The third-order valence-corrected chi connectivity index (χ3v) is 11.7. The molecule has 0 bridgehead atoms. The second-order valence-electron chi connectivity index (χ2n) is 14.9. The fourth-order valence-electron chi connectivity index (χ4n) is 9.08. The topological polar surface area (TPSA) is 35.6 Å². The fourth-order valence-corrected chi connectivity index (χ4v) is 9.08. The van der Waals surface area contributed by atoms with Crippen molar-refractivity contribution in [2.24, 2.45) is 0 Å². The molecule has 0 atom stereocenters. The van der Waals surface area contributed by atoms with Gasteiger partial charge in [-0.15, -0.1) is 0 Å². The van der Waals surface area contributed by atoms with Crippen LogP contribution in [-0.4, -0.2) is 19.1 Å². The molecule has 8 aromatic carbocycles. The molecule has 0 saturated carbocycles. The highest BCUT2D eigenvalue weighted by molar-refractivity contribution is 6.26. The minimum Gasteiger partial charge on any atom is -0.309 e. The summed E-state index contributed by atoms with van der Waals surface area (Å²) in [6, 6.07) is 61.5. The molecular weight excluding hydrogens is 681 g/mol. The van der Waals surface area contributed by atoms with Crippen molar-refractivity contribution in [3.63, 3.8) is 0 Å². The van der Waals surface area contributed by atoms with Gasteiger partial charge in [-0.25, -0.2) is 9.97 Å². The van der Waals surface area contributed by atoms with Gasteiger partial charge in [0.25, 0.3) is 0 Å². The minimum absolute atomic E-state index is 0.653. The van der Waals surface area contributed by atoms with E-state index in [9.17, 15) is 0 Å². The first-order valence-corrected chi connectivity index (χ1v) is 19.4. The van der Waals surface area contributed by atoms with Crippen LogP contribution in [0.5, 0.6) is 0 Å². The summed E-state index contributed by atoms with van der Waals surface area (Å²) >= 11 is 0. The van der Waals surface area contributed by atoms with Gasteiger partial charge in [-0.2, -0.15) is 0 Å². The number of allylic oxidation sites excluding steroid dienone is 1. The first-order chi connectivity index (χ1) is 27.7. The smallest absolute Gasteiger partial charge is 0.235 e. The third-order valence-electron chi connectivity index (χ3n) is 11.7. The molecule has 0 aliphatic heterocycles. The van der Waals surface area contributed by atoms with Gasteiger partial charge in [0.15, 0.2) is 0 Å². The van der Waals surface area contributed by atoms with Crippen molar-refractivity contribution in [3.8, 4) is 34.2 Å². The van der Waals surface area contributed by atoms with E-state index in [1.807, 2.05) is 0 Å². The Hall–Kier alpha value is -7.30. The van der Waals surface area contributed by atoms with Crippen molar-refractivity contribution in [2.45, 2.75) is 12.8 Å². The molecule has 0 N–H and O–H groups in total. The zero-order chi connectivity index (χ0) is 36.7. The summed E-state index contributed by atoms with van der Waals surface area (Å²) in [6.45, 7) is 0. The Morgan fingerprint density at radius 2 is 1.09 bits per heavy atom. The van der Waals surface area contributed by atoms with E-state index in [-0.39, 0.29) is 0 Å². The Balaban J connectivity index is 1.19. The SMILES string of the molecule is C1=Cc2cc(-c3cc(-c4ccc5ccccc5c4)nc(-n4c5ccccc5c5ccc6c(c7ccccc7n6-c6ccc7ccccc7c6)c54)n3)ccc2CC1. The van der Waals surface area contributed by atoms with Crippen LogP contribution < -0.4 is 0 Å². The molecule has 0 radical (unpaired) electrons. The normalized spacial score (nSPS) is 12.8. The van der Waals surface area contributed by atoms with Crippen molar-refractivity contribution in [2.75, 3.05) is 0 Å². The van der Waals surface area contributed by atoms with Gasteiger partial charge in [-0.1, -0.05) is 133 Å². The Bertz CT molecular complexity index is 3430. The van der Waals surface area contributed by atoms with Crippen molar-refractivity contribution in [3.05, 3.63) is 187 Å². The lowest BCUT2D eigenvalue weighted by Gasteiger charge is -2.15. The highest BCUT2D eigenvalue weighted by Crippen LogP contribution is 2.42. The van der Waals surface area contributed by atoms with Crippen LogP contribution in [0.2, 0.25) is 0 Å². The number of fused-ring (bicyclic) bond motifs is 10. The van der Waals surface area contributed by atoms with Gasteiger partial charge in [0.05, 0.1) is 33.5 Å². The lowest BCUT2D eigenvalue weighted by Crippen LogP contribution is -2.04. The van der Waals surface area contributed by atoms with E-state index in [1.54, 1.807) is 0 Å². The Kier molecular flexibility index (Phi) is 6.72. The van der Waals surface area contributed by atoms with Crippen LogP contribution in [0.3, 0.4) is 0 Å². The number of benzene rings is 8. The van der Waals surface area contributed by atoms with Crippen molar-refractivity contribution in [1.29, 1.82) is 0 Å². The summed E-state index contributed by atoms with van der Waals surface area (Å²) in [5.74, 6) is 0.653. The van der Waals surface area contributed by atoms with E-state index in [0.29, 0.717) is 5.95 Å². The highest BCUT2D eigenvalue weighted by atomic mass is 15.2. The first kappa shape index (κ1) is 31.1. The quantitative estimate of drug-likeness (QED) is 0.182. The van der Waals surface area contributed by atoms with Crippen molar-refractivity contribution >= 4 is 71.2 Å². The lowest BCUT2D eigenvalue weighted by molar-refractivity contribution is 0.983. The first-order valence-electron chi connectivity index (χ1n) is 19.4. The van der Waals surface area contributed by atoms with Crippen LogP contribution in [0.15, 0.2) is 176 Å². The number of rotatable bonds is 4. The van der Waals surface area contributed by atoms with E-state index < -0.39 is 0 Å². The summed E-state index contributed by atoms with van der Waals surface area (Å²) in [7, 11) is 0. The maximum Gasteiger partial charge on any atom is 0.235 e. The van der Waals surface area contributed by atoms with E-state index >= 15 is 0 Å². The van der Waals surface area contributed by atoms with Gasteiger partial charge in [0, 0.05) is 38.4 Å². The maximum atomic E-state index is 5.49. The van der Waals surface area contributed by atoms with Crippen LogP contribution in [0.1, 0.15) is 17.5 Å². The molecule has 3 aromatic heterocycles. The van der Waals surface area contributed by atoms with Crippen molar-refractivity contribution in [1.82, 2.24) is 19.1 Å². The molecule has 0 amide bonds. The summed E-state index contributed by atoms with van der Waals surface area (Å²) in [4.78, 5) is 11.0. The van der Waals surface area contributed by atoms with Gasteiger partial charge in [0.1, 0.15) is 0 Å². The molecular formula is C52H34N4. The molecule has 0 saturated heterocycles. The number of hydrogen-bond donors (Lipinski definition) is 0. The molecule has 4 nitrogen and oxygen atoms in total.